The Labute approximate surface area is 121 Å². The fourth-order valence-electron chi connectivity index (χ4n) is 2.09. The van der Waals surface area contributed by atoms with Crippen LogP contribution in [-0.2, 0) is 11.3 Å². The number of benzene rings is 1. The molecule has 20 heavy (non-hydrogen) atoms. The number of hydrogen-bond donors (Lipinski definition) is 1. The summed E-state index contributed by atoms with van der Waals surface area (Å²) in [5.74, 6) is -0.682. The number of rotatable bonds is 3. The molecule has 1 aliphatic rings. The van der Waals surface area contributed by atoms with Crippen molar-refractivity contribution in [2.45, 2.75) is 12.6 Å². The average molecular weight is 300 g/mol. The van der Waals surface area contributed by atoms with E-state index in [2.05, 4.69) is 5.32 Å². The van der Waals surface area contributed by atoms with E-state index in [4.69, 9.17) is 11.6 Å². The van der Waals surface area contributed by atoms with E-state index in [1.54, 1.807) is 14.1 Å². The minimum Gasteiger partial charge on any atom is -0.350 e. The minimum atomic E-state index is -0.522. The number of urea groups is 1. The Morgan fingerprint density at radius 2 is 2.20 bits per heavy atom. The van der Waals surface area contributed by atoms with Gasteiger partial charge in [0.15, 0.2) is 0 Å². The molecule has 1 aromatic rings. The third-order valence-electron chi connectivity index (χ3n) is 3.31. The number of carbonyl (C=O) groups excluding carboxylic acids is 2. The molecule has 2 rings (SSSR count). The molecule has 1 N–H and O–H groups in total. The molecule has 0 spiro atoms. The highest BCUT2D eigenvalue weighted by molar-refractivity contribution is 6.31. The Hall–Kier alpha value is -1.82. The van der Waals surface area contributed by atoms with Crippen LogP contribution in [0, 0.1) is 5.82 Å². The largest absolute Gasteiger partial charge is 0.350 e. The smallest absolute Gasteiger partial charge is 0.320 e. The zero-order chi connectivity index (χ0) is 14.9. The lowest BCUT2D eigenvalue weighted by atomic mass is 10.2. The van der Waals surface area contributed by atoms with Crippen molar-refractivity contribution < 1.29 is 14.0 Å². The summed E-state index contributed by atoms with van der Waals surface area (Å²) in [4.78, 5) is 26.5. The lowest BCUT2D eigenvalue weighted by molar-refractivity contribution is -0.124. The monoisotopic (exact) mass is 299 g/mol. The summed E-state index contributed by atoms with van der Waals surface area (Å²) in [5.41, 5.74) is 0.627. The maximum absolute atomic E-state index is 12.9. The van der Waals surface area contributed by atoms with Crippen LogP contribution in [0.1, 0.15) is 5.56 Å². The van der Waals surface area contributed by atoms with E-state index in [0.29, 0.717) is 12.1 Å². The van der Waals surface area contributed by atoms with Crippen LogP contribution >= 0.6 is 11.6 Å². The molecule has 1 saturated heterocycles. The van der Waals surface area contributed by atoms with Crippen molar-refractivity contribution in [3.8, 4) is 0 Å². The molecule has 7 heteroatoms. The van der Waals surface area contributed by atoms with E-state index >= 15 is 0 Å². The Balaban J connectivity index is 1.97. The number of nitrogens with zero attached hydrogens (tertiary/aromatic N) is 2. The van der Waals surface area contributed by atoms with Crippen molar-refractivity contribution in [3.05, 3.63) is 34.6 Å². The van der Waals surface area contributed by atoms with Crippen molar-refractivity contribution in [3.63, 3.8) is 0 Å². The lowest BCUT2D eigenvalue weighted by Gasteiger charge is -2.17. The maximum Gasteiger partial charge on any atom is 0.320 e. The zero-order valence-corrected chi connectivity index (χ0v) is 11.9. The van der Waals surface area contributed by atoms with E-state index in [1.165, 1.54) is 28.0 Å². The van der Waals surface area contributed by atoms with Crippen molar-refractivity contribution in [2.24, 2.45) is 0 Å². The molecule has 0 aliphatic carbocycles. The van der Waals surface area contributed by atoms with Crippen LogP contribution in [-0.4, -0.2) is 48.4 Å². The second-order valence-electron chi connectivity index (χ2n) is 4.74. The van der Waals surface area contributed by atoms with Gasteiger partial charge >= 0.3 is 6.03 Å². The van der Waals surface area contributed by atoms with Crippen LogP contribution in [0.4, 0.5) is 9.18 Å². The summed E-state index contributed by atoms with van der Waals surface area (Å²) >= 11 is 5.88. The van der Waals surface area contributed by atoms with Gasteiger partial charge in [-0.1, -0.05) is 17.7 Å². The quantitative estimate of drug-likeness (QED) is 0.919. The standard InChI is InChI=1S/C13H15ClFN3O2/c1-17-7-11(18(2)13(17)20)12(19)16-6-8-3-4-9(15)5-10(8)14/h3-5,11H,6-7H2,1-2H3,(H,16,19). The molecule has 3 amide bonds. The van der Waals surface area contributed by atoms with Crippen LogP contribution < -0.4 is 5.32 Å². The van der Waals surface area contributed by atoms with Gasteiger partial charge in [-0.25, -0.2) is 9.18 Å². The molecule has 5 nitrogen and oxygen atoms in total. The highest BCUT2D eigenvalue weighted by atomic mass is 35.5. The predicted octanol–water partition coefficient (Wildman–Crippen LogP) is 1.46. The Morgan fingerprint density at radius 1 is 1.50 bits per heavy atom. The van der Waals surface area contributed by atoms with Crippen LogP contribution in [0.5, 0.6) is 0 Å². The van der Waals surface area contributed by atoms with Gasteiger partial charge < -0.3 is 15.1 Å². The molecule has 1 atom stereocenters. The predicted molar refractivity (Wildman–Crippen MR) is 72.8 cm³/mol. The van der Waals surface area contributed by atoms with E-state index in [-0.39, 0.29) is 23.5 Å². The SMILES string of the molecule is CN1CC(C(=O)NCc2ccc(F)cc2Cl)N(C)C1=O. The molecule has 1 fully saturated rings. The van der Waals surface area contributed by atoms with E-state index in [0.717, 1.165) is 0 Å². The number of nitrogens with one attached hydrogen (secondary N) is 1. The Kier molecular flexibility index (Phi) is 4.13. The van der Waals surface area contributed by atoms with Crippen LogP contribution in [0.2, 0.25) is 5.02 Å². The molecule has 0 saturated carbocycles. The number of carbonyl (C=O) groups is 2. The molecule has 108 valence electrons. The van der Waals surface area contributed by atoms with Gasteiger partial charge in [-0.05, 0) is 17.7 Å². The van der Waals surface area contributed by atoms with Crippen molar-refractivity contribution in [2.75, 3.05) is 20.6 Å². The second kappa shape index (κ2) is 5.66. The first-order chi connectivity index (χ1) is 9.40. The normalized spacial score (nSPS) is 18.6. The zero-order valence-electron chi connectivity index (χ0n) is 11.2. The van der Waals surface area contributed by atoms with Gasteiger partial charge in [-0.2, -0.15) is 0 Å². The fraction of sp³-hybridized carbons (Fsp3) is 0.385. The molecule has 1 aromatic carbocycles. The second-order valence-corrected chi connectivity index (χ2v) is 5.15. The molecule has 1 unspecified atom stereocenters. The molecule has 0 bridgehead atoms. The van der Waals surface area contributed by atoms with Gasteiger partial charge in [0, 0.05) is 25.7 Å². The topological polar surface area (TPSA) is 52.7 Å². The first-order valence-corrected chi connectivity index (χ1v) is 6.47. The summed E-state index contributed by atoms with van der Waals surface area (Å²) in [6.07, 6.45) is 0. The first-order valence-electron chi connectivity index (χ1n) is 6.09. The van der Waals surface area contributed by atoms with Crippen molar-refractivity contribution in [1.29, 1.82) is 0 Å². The highest BCUT2D eigenvalue weighted by Crippen LogP contribution is 2.17. The summed E-state index contributed by atoms with van der Waals surface area (Å²) in [5, 5.41) is 2.97. The average Bonchev–Trinajstić information content (AvgIpc) is 2.65. The fourth-order valence-corrected chi connectivity index (χ4v) is 2.32. The van der Waals surface area contributed by atoms with Gasteiger partial charge in [0.25, 0.3) is 0 Å². The van der Waals surface area contributed by atoms with Crippen LogP contribution in [0.15, 0.2) is 18.2 Å². The third-order valence-corrected chi connectivity index (χ3v) is 3.67. The number of likely N-dealkylation sites (N-methyl/N-ethyl adjacent to an activating group) is 2. The number of hydrogen-bond acceptors (Lipinski definition) is 2. The van der Waals surface area contributed by atoms with Crippen molar-refractivity contribution in [1.82, 2.24) is 15.1 Å². The van der Waals surface area contributed by atoms with Gasteiger partial charge in [0.1, 0.15) is 11.9 Å². The molecule has 1 heterocycles. The molecular formula is C13H15ClFN3O2. The van der Waals surface area contributed by atoms with E-state index in [9.17, 15) is 14.0 Å². The Morgan fingerprint density at radius 3 is 2.75 bits per heavy atom. The summed E-state index contributed by atoms with van der Waals surface area (Å²) in [6, 6.07) is 3.29. The van der Waals surface area contributed by atoms with Crippen LogP contribution in [0.3, 0.4) is 0 Å². The number of halogens is 2. The Bertz CT molecular complexity index is 552. The van der Waals surface area contributed by atoms with Gasteiger partial charge in [-0.15, -0.1) is 0 Å². The lowest BCUT2D eigenvalue weighted by Crippen LogP contribution is -2.43. The summed E-state index contributed by atoms with van der Waals surface area (Å²) < 4.78 is 12.9. The van der Waals surface area contributed by atoms with Gasteiger partial charge in [0.05, 0.1) is 6.54 Å². The van der Waals surface area contributed by atoms with E-state index < -0.39 is 11.9 Å². The molecular weight excluding hydrogens is 285 g/mol. The maximum atomic E-state index is 12.9. The molecule has 0 aromatic heterocycles. The van der Waals surface area contributed by atoms with Gasteiger partial charge in [0.2, 0.25) is 5.91 Å². The highest BCUT2D eigenvalue weighted by Gasteiger charge is 2.36. The van der Waals surface area contributed by atoms with Crippen molar-refractivity contribution >= 4 is 23.5 Å². The number of amides is 3. The third kappa shape index (κ3) is 2.85. The minimum absolute atomic E-state index is 0.190. The molecule has 1 aliphatic heterocycles. The summed E-state index contributed by atoms with van der Waals surface area (Å²) in [7, 11) is 3.23. The van der Waals surface area contributed by atoms with E-state index in [1.807, 2.05) is 0 Å². The van der Waals surface area contributed by atoms with Gasteiger partial charge in [-0.3, -0.25) is 4.79 Å². The summed E-state index contributed by atoms with van der Waals surface area (Å²) in [6.45, 7) is 0.540. The first kappa shape index (κ1) is 14.6. The molecule has 0 radical (unpaired) electrons. The van der Waals surface area contributed by atoms with Crippen LogP contribution in [0.25, 0.3) is 0 Å².